The van der Waals surface area contributed by atoms with Gasteiger partial charge in [0.1, 0.15) is 0 Å². The minimum absolute atomic E-state index is 0.102. The Balaban J connectivity index is 1.91. The molecule has 0 bridgehead atoms. The van der Waals surface area contributed by atoms with Crippen LogP contribution in [0.2, 0.25) is 0 Å². The molecule has 1 aromatic carbocycles. The van der Waals surface area contributed by atoms with Crippen molar-refractivity contribution < 1.29 is 8.42 Å². The molecule has 0 atom stereocenters. The molecule has 2 N–H and O–H groups in total. The lowest BCUT2D eigenvalue weighted by molar-refractivity contribution is 0.599. The van der Waals surface area contributed by atoms with Crippen LogP contribution in [0.15, 0.2) is 33.1 Å². The highest BCUT2D eigenvalue weighted by molar-refractivity contribution is 9.10. The Kier molecular flexibility index (Phi) is 3.57. The lowest BCUT2D eigenvalue weighted by atomic mass is 10.0. The summed E-state index contributed by atoms with van der Waals surface area (Å²) in [6.45, 7) is 1.54. The van der Waals surface area contributed by atoms with Crippen molar-refractivity contribution in [2.75, 3.05) is 11.4 Å². The summed E-state index contributed by atoms with van der Waals surface area (Å²) < 4.78 is 23.8. The van der Waals surface area contributed by atoms with Gasteiger partial charge in [-0.05, 0) is 23.6 Å². The number of hydrogen-bond donors (Lipinski definition) is 1. The first kappa shape index (κ1) is 14.0. The van der Waals surface area contributed by atoms with Crippen LogP contribution in [-0.2, 0) is 23.0 Å². The molecule has 1 aliphatic heterocycles. The summed E-state index contributed by atoms with van der Waals surface area (Å²) in [6, 6.07) is 6.16. The number of benzene rings is 1. The molecule has 2 heterocycles. The van der Waals surface area contributed by atoms with Crippen molar-refractivity contribution in [1.29, 1.82) is 0 Å². The molecule has 0 spiro atoms. The van der Waals surface area contributed by atoms with Gasteiger partial charge in [0.25, 0.3) is 0 Å². The summed E-state index contributed by atoms with van der Waals surface area (Å²) in [4.78, 5) is 6.25. The van der Waals surface area contributed by atoms with Gasteiger partial charge >= 0.3 is 0 Å². The number of fused-ring (bicyclic) bond motifs is 1. The standard InChI is InChI=1S/C12H12BrN3O2S2/c13-10-3-1-2-8-4-5-16(7-9(8)10)12-15-6-11(19-12)20(14,17)18/h1-3,6H,4-5,7H2,(H2,14,17,18). The predicted molar refractivity (Wildman–Crippen MR) is 82.4 cm³/mol. The topological polar surface area (TPSA) is 76.3 Å². The molecule has 1 aliphatic rings. The number of hydrogen-bond acceptors (Lipinski definition) is 5. The van der Waals surface area contributed by atoms with Crippen molar-refractivity contribution in [1.82, 2.24) is 4.98 Å². The van der Waals surface area contributed by atoms with Crippen LogP contribution in [0.4, 0.5) is 5.13 Å². The molecule has 0 radical (unpaired) electrons. The smallest absolute Gasteiger partial charge is 0.249 e. The zero-order valence-corrected chi connectivity index (χ0v) is 13.6. The van der Waals surface area contributed by atoms with E-state index in [0.29, 0.717) is 11.7 Å². The quantitative estimate of drug-likeness (QED) is 0.874. The maximum atomic E-state index is 11.3. The van der Waals surface area contributed by atoms with Gasteiger partial charge in [0, 0.05) is 17.6 Å². The highest BCUT2D eigenvalue weighted by atomic mass is 79.9. The van der Waals surface area contributed by atoms with Crippen LogP contribution in [-0.4, -0.2) is 19.9 Å². The monoisotopic (exact) mass is 373 g/mol. The Morgan fingerprint density at radius 3 is 2.90 bits per heavy atom. The van der Waals surface area contributed by atoms with Crippen molar-refractivity contribution in [2.24, 2.45) is 5.14 Å². The Labute approximate surface area is 129 Å². The summed E-state index contributed by atoms with van der Waals surface area (Å²) in [5.74, 6) is 0. The molecule has 0 amide bonds. The second-order valence-corrected chi connectivity index (χ2v) is 8.21. The van der Waals surface area contributed by atoms with Gasteiger partial charge in [-0.2, -0.15) is 0 Å². The molecule has 1 aromatic heterocycles. The fourth-order valence-corrected chi connectivity index (χ4v) is 4.33. The Morgan fingerprint density at radius 1 is 1.40 bits per heavy atom. The Morgan fingerprint density at radius 2 is 2.20 bits per heavy atom. The van der Waals surface area contributed by atoms with E-state index in [1.54, 1.807) is 0 Å². The van der Waals surface area contributed by atoms with Crippen molar-refractivity contribution in [2.45, 2.75) is 17.2 Å². The van der Waals surface area contributed by atoms with E-state index in [1.165, 1.54) is 17.3 Å². The molecule has 8 heteroatoms. The molecule has 2 aromatic rings. The Hall–Kier alpha value is -0.960. The molecule has 5 nitrogen and oxygen atoms in total. The van der Waals surface area contributed by atoms with Gasteiger partial charge in [0.05, 0.1) is 6.20 Å². The molecule has 106 valence electrons. The summed E-state index contributed by atoms with van der Waals surface area (Å²) >= 11 is 4.67. The molecule has 0 unspecified atom stereocenters. The maximum Gasteiger partial charge on any atom is 0.249 e. The minimum Gasteiger partial charge on any atom is -0.343 e. The van der Waals surface area contributed by atoms with E-state index in [1.807, 2.05) is 12.1 Å². The predicted octanol–water partition coefficient (Wildman–Crippen LogP) is 2.12. The van der Waals surface area contributed by atoms with Crippen LogP contribution in [0.25, 0.3) is 0 Å². The number of nitrogens with zero attached hydrogens (tertiary/aromatic N) is 2. The lowest BCUT2D eigenvalue weighted by Gasteiger charge is -2.29. The first-order valence-electron chi connectivity index (χ1n) is 5.95. The third kappa shape index (κ3) is 2.60. The van der Waals surface area contributed by atoms with Crippen LogP contribution in [0.1, 0.15) is 11.1 Å². The van der Waals surface area contributed by atoms with Crippen LogP contribution < -0.4 is 10.0 Å². The van der Waals surface area contributed by atoms with E-state index >= 15 is 0 Å². The highest BCUT2D eigenvalue weighted by Crippen LogP contribution is 2.32. The normalized spacial score (nSPS) is 15.2. The van der Waals surface area contributed by atoms with E-state index in [0.717, 1.165) is 28.8 Å². The molecule has 20 heavy (non-hydrogen) atoms. The lowest BCUT2D eigenvalue weighted by Crippen LogP contribution is -2.30. The minimum atomic E-state index is -3.67. The second-order valence-electron chi connectivity index (χ2n) is 4.56. The fourth-order valence-electron chi connectivity index (χ4n) is 2.23. The number of nitrogens with two attached hydrogens (primary N) is 1. The summed E-state index contributed by atoms with van der Waals surface area (Å²) in [6.07, 6.45) is 2.24. The van der Waals surface area contributed by atoms with Gasteiger partial charge in [0.2, 0.25) is 10.0 Å². The van der Waals surface area contributed by atoms with Gasteiger partial charge in [0.15, 0.2) is 9.34 Å². The summed E-state index contributed by atoms with van der Waals surface area (Å²) in [5.41, 5.74) is 2.55. The van der Waals surface area contributed by atoms with Gasteiger partial charge in [-0.1, -0.05) is 39.4 Å². The van der Waals surface area contributed by atoms with Gasteiger partial charge < -0.3 is 4.90 Å². The molecule has 3 rings (SSSR count). The average Bonchev–Trinajstić information content (AvgIpc) is 2.88. The number of aromatic nitrogens is 1. The van der Waals surface area contributed by atoms with Gasteiger partial charge in [-0.15, -0.1) is 0 Å². The van der Waals surface area contributed by atoms with Gasteiger partial charge in [-0.25, -0.2) is 18.5 Å². The number of sulfonamides is 1. The zero-order chi connectivity index (χ0) is 14.3. The number of halogens is 1. The van der Waals surface area contributed by atoms with E-state index in [-0.39, 0.29) is 4.21 Å². The molecular weight excluding hydrogens is 362 g/mol. The first-order chi connectivity index (χ1) is 9.45. The SMILES string of the molecule is NS(=O)(=O)c1cnc(N2CCc3cccc(Br)c3C2)s1. The van der Waals surface area contributed by atoms with Crippen molar-refractivity contribution in [3.05, 3.63) is 40.0 Å². The molecule has 0 fully saturated rings. The second kappa shape index (κ2) is 5.10. The van der Waals surface area contributed by atoms with E-state index < -0.39 is 10.0 Å². The number of anilines is 1. The summed E-state index contributed by atoms with van der Waals surface area (Å²) in [5, 5.41) is 5.81. The van der Waals surface area contributed by atoms with Crippen molar-refractivity contribution in [3.8, 4) is 0 Å². The van der Waals surface area contributed by atoms with E-state index in [4.69, 9.17) is 5.14 Å². The van der Waals surface area contributed by atoms with E-state index in [2.05, 4.69) is 31.9 Å². The first-order valence-corrected chi connectivity index (χ1v) is 9.10. The molecular formula is C12H12BrN3O2S2. The third-order valence-corrected chi connectivity index (χ3v) is 6.45. The molecule has 0 aliphatic carbocycles. The molecule has 0 saturated carbocycles. The van der Waals surface area contributed by atoms with E-state index in [9.17, 15) is 8.42 Å². The third-order valence-electron chi connectivity index (χ3n) is 3.24. The number of thiazole rings is 1. The average molecular weight is 374 g/mol. The Bertz CT molecular complexity index is 758. The van der Waals surface area contributed by atoms with Gasteiger partial charge in [-0.3, -0.25) is 0 Å². The highest BCUT2D eigenvalue weighted by Gasteiger charge is 2.22. The van der Waals surface area contributed by atoms with Crippen LogP contribution in [0.3, 0.4) is 0 Å². The van der Waals surface area contributed by atoms with Crippen molar-refractivity contribution >= 4 is 42.4 Å². The number of rotatable bonds is 2. The maximum absolute atomic E-state index is 11.3. The fraction of sp³-hybridized carbons (Fsp3) is 0.250. The van der Waals surface area contributed by atoms with Crippen LogP contribution in [0, 0.1) is 0 Å². The summed E-state index contributed by atoms with van der Waals surface area (Å²) in [7, 11) is -3.67. The van der Waals surface area contributed by atoms with Crippen LogP contribution >= 0.6 is 27.3 Å². The van der Waals surface area contributed by atoms with Crippen LogP contribution in [0.5, 0.6) is 0 Å². The zero-order valence-electron chi connectivity index (χ0n) is 10.4. The molecule has 0 saturated heterocycles. The largest absolute Gasteiger partial charge is 0.343 e. The number of primary sulfonamides is 1. The van der Waals surface area contributed by atoms with Crippen molar-refractivity contribution in [3.63, 3.8) is 0 Å².